The van der Waals surface area contributed by atoms with Crippen LogP contribution in [-0.4, -0.2) is 24.5 Å². The lowest BCUT2D eigenvalue weighted by molar-refractivity contribution is 0.744. The van der Waals surface area contributed by atoms with E-state index in [-0.39, 0.29) is 24.0 Å². The number of nitrogens with zero attached hydrogens (tertiary/aromatic N) is 1. The normalized spacial score (nSPS) is 11.2. The molecular formula is C21H27IN4. The van der Waals surface area contributed by atoms with Gasteiger partial charge < -0.3 is 15.6 Å². The van der Waals surface area contributed by atoms with Crippen molar-refractivity contribution in [1.29, 1.82) is 0 Å². The van der Waals surface area contributed by atoms with Crippen molar-refractivity contribution in [2.75, 3.05) is 13.6 Å². The molecule has 1 heterocycles. The molecule has 0 fully saturated rings. The third-order valence-electron chi connectivity index (χ3n) is 4.39. The number of H-pyrrole nitrogens is 1. The second-order valence-corrected chi connectivity index (χ2v) is 6.30. The summed E-state index contributed by atoms with van der Waals surface area (Å²) in [4.78, 5) is 7.63. The Balaban J connectivity index is 0.00000243. The van der Waals surface area contributed by atoms with Crippen molar-refractivity contribution < 1.29 is 0 Å². The molecule has 0 bridgehead atoms. The summed E-state index contributed by atoms with van der Waals surface area (Å²) in [5, 5.41) is 8.07. The maximum Gasteiger partial charge on any atom is 0.191 e. The van der Waals surface area contributed by atoms with Gasteiger partial charge in [0.25, 0.3) is 0 Å². The lowest BCUT2D eigenvalue weighted by atomic mass is 10.1. The average Bonchev–Trinajstić information content (AvgIpc) is 3.06. The number of halogens is 1. The summed E-state index contributed by atoms with van der Waals surface area (Å²) < 4.78 is 0. The van der Waals surface area contributed by atoms with Gasteiger partial charge in [0.05, 0.1) is 0 Å². The Morgan fingerprint density at radius 3 is 2.58 bits per heavy atom. The van der Waals surface area contributed by atoms with Crippen LogP contribution in [-0.2, 0) is 13.0 Å². The fourth-order valence-electron chi connectivity index (χ4n) is 2.94. The van der Waals surface area contributed by atoms with Crippen LogP contribution in [0.25, 0.3) is 10.9 Å². The number of aryl methyl sites for hydroxylation is 2. The maximum absolute atomic E-state index is 4.29. The van der Waals surface area contributed by atoms with Gasteiger partial charge in [0, 0.05) is 37.2 Å². The molecular weight excluding hydrogens is 435 g/mol. The molecule has 138 valence electrons. The van der Waals surface area contributed by atoms with Crippen molar-refractivity contribution in [3.63, 3.8) is 0 Å². The summed E-state index contributed by atoms with van der Waals surface area (Å²) in [6.45, 7) is 3.78. The largest absolute Gasteiger partial charge is 0.361 e. The molecule has 0 saturated carbocycles. The van der Waals surface area contributed by atoms with E-state index in [0.717, 1.165) is 31.9 Å². The first-order valence-electron chi connectivity index (χ1n) is 8.81. The third kappa shape index (κ3) is 5.49. The molecule has 3 aromatic rings. The van der Waals surface area contributed by atoms with Crippen LogP contribution in [0.4, 0.5) is 0 Å². The van der Waals surface area contributed by atoms with E-state index in [1.807, 2.05) is 7.05 Å². The quantitative estimate of drug-likeness (QED) is 0.220. The number of nitrogens with one attached hydrogen (secondary N) is 3. The summed E-state index contributed by atoms with van der Waals surface area (Å²) in [5.74, 6) is 0.847. The van der Waals surface area contributed by atoms with Gasteiger partial charge in [-0.25, -0.2) is 0 Å². The van der Waals surface area contributed by atoms with E-state index in [9.17, 15) is 0 Å². The molecule has 3 rings (SSSR count). The molecule has 0 radical (unpaired) electrons. The molecule has 0 aliphatic carbocycles. The number of guanidine groups is 1. The highest BCUT2D eigenvalue weighted by molar-refractivity contribution is 14.0. The molecule has 0 spiro atoms. The minimum absolute atomic E-state index is 0. The van der Waals surface area contributed by atoms with E-state index in [1.165, 1.54) is 27.6 Å². The lowest BCUT2D eigenvalue weighted by Gasteiger charge is -2.12. The summed E-state index contributed by atoms with van der Waals surface area (Å²) in [6.07, 6.45) is 4.23. The Kier molecular flexibility index (Phi) is 7.97. The number of hydrogen-bond acceptors (Lipinski definition) is 1. The number of fused-ring (bicyclic) bond motifs is 1. The van der Waals surface area contributed by atoms with Crippen LogP contribution in [0.1, 0.15) is 23.1 Å². The van der Waals surface area contributed by atoms with Crippen LogP contribution >= 0.6 is 24.0 Å². The lowest BCUT2D eigenvalue weighted by Crippen LogP contribution is -2.37. The van der Waals surface area contributed by atoms with E-state index >= 15 is 0 Å². The first-order valence-corrected chi connectivity index (χ1v) is 8.81. The van der Waals surface area contributed by atoms with Gasteiger partial charge in [-0.2, -0.15) is 0 Å². The van der Waals surface area contributed by atoms with Gasteiger partial charge in [-0.1, -0.05) is 48.0 Å². The monoisotopic (exact) mass is 462 g/mol. The van der Waals surface area contributed by atoms with Crippen LogP contribution in [0.15, 0.2) is 59.7 Å². The number of aliphatic imine (C=N–C) groups is 1. The fraction of sp³-hybridized carbons (Fsp3) is 0.286. The molecule has 1 aromatic heterocycles. The number of hydrogen-bond donors (Lipinski definition) is 3. The SMILES string of the molecule is CN=C(NCCCc1c[nH]c2ccccc12)NCc1ccc(C)cc1.I. The molecule has 5 heteroatoms. The Morgan fingerprint density at radius 2 is 1.81 bits per heavy atom. The number of benzene rings is 2. The second-order valence-electron chi connectivity index (χ2n) is 6.30. The van der Waals surface area contributed by atoms with Gasteiger partial charge in [-0.05, 0) is 37.0 Å². The van der Waals surface area contributed by atoms with E-state index in [2.05, 4.69) is 82.3 Å². The summed E-state index contributed by atoms with van der Waals surface area (Å²) in [6, 6.07) is 17.0. The topological polar surface area (TPSA) is 52.2 Å². The zero-order valence-electron chi connectivity index (χ0n) is 15.4. The molecule has 2 aromatic carbocycles. The van der Waals surface area contributed by atoms with Gasteiger partial charge in [0.1, 0.15) is 0 Å². The summed E-state index contributed by atoms with van der Waals surface area (Å²) in [5.41, 5.74) is 5.12. The molecule has 0 saturated heterocycles. The molecule has 0 atom stereocenters. The second kappa shape index (κ2) is 10.2. The number of rotatable bonds is 6. The van der Waals surface area contributed by atoms with Crippen molar-refractivity contribution >= 4 is 40.8 Å². The number of aromatic nitrogens is 1. The number of para-hydroxylation sites is 1. The average molecular weight is 462 g/mol. The Morgan fingerprint density at radius 1 is 1.04 bits per heavy atom. The third-order valence-corrected chi connectivity index (χ3v) is 4.39. The van der Waals surface area contributed by atoms with Crippen molar-refractivity contribution in [3.05, 3.63) is 71.4 Å². The van der Waals surface area contributed by atoms with Crippen LogP contribution in [0.3, 0.4) is 0 Å². The van der Waals surface area contributed by atoms with Crippen LogP contribution in [0.2, 0.25) is 0 Å². The Bertz CT molecular complexity index is 837. The highest BCUT2D eigenvalue weighted by Gasteiger charge is 2.03. The van der Waals surface area contributed by atoms with Crippen molar-refractivity contribution in [1.82, 2.24) is 15.6 Å². The van der Waals surface area contributed by atoms with Gasteiger partial charge in [-0.15, -0.1) is 24.0 Å². The molecule has 26 heavy (non-hydrogen) atoms. The van der Waals surface area contributed by atoms with Crippen LogP contribution < -0.4 is 10.6 Å². The molecule has 0 amide bonds. The van der Waals surface area contributed by atoms with Gasteiger partial charge in [0.15, 0.2) is 5.96 Å². The predicted octanol–water partition coefficient (Wildman–Crippen LogP) is 4.39. The number of aromatic amines is 1. The molecule has 0 aliphatic heterocycles. The van der Waals surface area contributed by atoms with Crippen molar-refractivity contribution in [2.45, 2.75) is 26.3 Å². The minimum atomic E-state index is 0. The van der Waals surface area contributed by atoms with Gasteiger partial charge >= 0.3 is 0 Å². The van der Waals surface area contributed by atoms with E-state index in [0.29, 0.717) is 0 Å². The molecule has 3 N–H and O–H groups in total. The van der Waals surface area contributed by atoms with Crippen molar-refractivity contribution in [3.8, 4) is 0 Å². The fourth-order valence-corrected chi connectivity index (χ4v) is 2.94. The van der Waals surface area contributed by atoms with Crippen LogP contribution in [0, 0.1) is 6.92 Å². The molecule has 0 aliphatic rings. The zero-order chi connectivity index (χ0) is 17.5. The standard InChI is InChI=1S/C21H26N4.HI/c1-16-9-11-17(12-10-16)14-25-21(22-2)23-13-5-6-18-15-24-20-8-4-3-7-19(18)20;/h3-4,7-12,15,24H,5-6,13-14H2,1-2H3,(H2,22,23,25);1H. The zero-order valence-corrected chi connectivity index (χ0v) is 17.7. The first-order chi connectivity index (χ1) is 12.3. The summed E-state index contributed by atoms with van der Waals surface area (Å²) >= 11 is 0. The smallest absolute Gasteiger partial charge is 0.191 e. The van der Waals surface area contributed by atoms with E-state index in [1.54, 1.807) is 0 Å². The highest BCUT2D eigenvalue weighted by atomic mass is 127. The van der Waals surface area contributed by atoms with Gasteiger partial charge in [-0.3, -0.25) is 4.99 Å². The minimum Gasteiger partial charge on any atom is -0.361 e. The Labute approximate surface area is 172 Å². The van der Waals surface area contributed by atoms with E-state index in [4.69, 9.17) is 0 Å². The highest BCUT2D eigenvalue weighted by Crippen LogP contribution is 2.18. The first kappa shape index (κ1) is 20.3. The predicted molar refractivity (Wildman–Crippen MR) is 121 cm³/mol. The van der Waals surface area contributed by atoms with Crippen molar-refractivity contribution in [2.24, 2.45) is 4.99 Å². The van der Waals surface area contributed by atoms with E-state index < -0.39 is 0 Å². The van der Waals surface area contributed by atoms with Gasteiger partial charge in [0.2, 0.25) is 0 Å². The van der Waals surface area contributed by atoms with Crippen LogP contribution in [0.5, 0.6) is 0 Å². The summed E-state index contributed by atoms with van der Waals surface area (Å²) in [7, 11) is 1.81. The molecule has 4 nitrogen and oxygen atoms in total. The molecule has 0 unspecified atom stereocenters. The Hall–Kier alpha value is -2.02. The maximum atomic E-state index is 4.29.